The van der Waals surface area contributed by atoms with E-state index in [2.05, 4.69) is 200 Å². The molecule has 9 aromatic carbocycles. The van der Waals surface area contributed by atoms with E-state index >= 15 is 0 Å². The average molecular weight is 686 g/mol. The number of pyridine rings is 1. The Kier molecular flexibility index (Phi) is 7.89. The number of benzene rings is 9. The van der Waals surface area contributed by atoms with Crippen molar-refractivity contribution >= 4 is 32.3 Å². The summed E-state index contributed by atoms with van der Waals surface area (Å²) in [7, 11) is 0. The molecule has 1 heteroatoms. The molecule has 0 spiro atoms. The van der Waals surface area contributed by atoms with Gasteiger partial charge >= 0.3 is 0 Å². The molecule has 10 aromatic rings. The third kappa shape index (κ3) is 5.83. The molecule has 0 fully saturated rings. The van der Waals surface area contributed by atoms with Crippen LogP contribution in [0.2, 0.25) is 0 Å². The number of rotatable bonds is 6. The molecule has 10 rings (SSSR count). The molecule has 1 heterocycles. The standard InChI is InChI=1S/C53H35N/c1-4-14-36(15-5-1)43-26-28-48-49-29-27-44(33-51(49)47-25-11-10-24-46(47)50(48)32-43)41-22-12-20-39(30-41)40-21-13-23-42(31-40)45-34-52(37-16-6-2-7-17-37)54-53(35-45)38-18-8-3-9-19-38/h1-35H. The number of nitrogens with zero attached hydrogens (tertiary/aromatic N) is 1. The predicted molar refractivity (Wildman–Crippen MR) is 229 cm³/mol. The first kappa shape index (κ1) is 31.6. The summed E-state index contributed by atoms with van der Waals surface area (Å²) in [4.78, 5) is 5.10. The first-order valence-corrected chi connectivity index (χ1v) is 18.5. The van der Waals surface area contributed by atoms with Crippen molar-refractivity contribution in [1.82, 2.24) is 4.98 Å². The summed E-state index contributed by atoms with van der Waals surface area (Å²) in [6.07, 6.45) is 0. The largest absolute Gasteiger partial charge is 0.248 e. The lowest BCUT2D eigenvalue weighted by molar-refractivity contribution is 1.32. The minimum absolute atomic E-state index is 0.965. The van der Waals surface area contributed by atoms with Crippen molar-refractivity contribution in [3.8, 4) is 67.0 Å². The molecule has 0 aliphatic rings. The zero-order valence-corrected chi connectivity index (χ0v) is 29.7. The third-order valence-electron chi connectivity index (χ3n) is 10.6. The summed E-state index contributed by atoms with van der Waals surface area (Å²) in [6, 6.07) is 76.5. The minimum Gasteiger partial charge on any atom is -0.248 e. The second-order valence-electron chi connectivity index (χ2n) is 14.0. The van der Waals surface area contributed by atoms with E-state index < -0.39 is 0 Å². The van der Waals surface area contributed by atoms with Crippen LogP contribution in [0.15, 0.2) is 212 Å². The first-order chi connectivity index (χ1) is 26.7. The molecule has 1 nitrogen and oxygen atoms in total. The van der Waals surface area contributed by atoms with Crippen molar-refractivity contribution < 1.29 is 0 Å². The number of fused-ring (bicyclic) bond motifs is 6. The molecule has 0 radical (unpaired) electrons. The van der Waals surface area contributed by atoms with Crippen LogP contribution in [0.25, 0.3) is 99.3 Å². The number of hydrogen-bond acceptors (Lipinski definition) is 1. The Labute approximate surface area is 315 Å². The molecule has 0 aliphatic carbocycles. The van der Waals surface area contributed by atoms with Crippen LogP contribution in [0.5, 0.6) is 0 Å². The summed E-state index contributed by atoms with van der Waals surface area (Å²) in [5.74, 6) is 0. The second-order valence-corrected chi connectivity index (χ2v) is 14.0. The van der Waals surface area contributed by atoms with Crippen LogP contribution in [0, 0.1) is 0 Å². The van der Waals surface area contributed by atoms with Crippen LogP contribution in [0.1, 0.15) is 0 Å². The van der Waals surface area contributed by atoms with Crippen LogP contribution in [0.4, 0.5) is 0 Å². The Balaban J connectivity index is 1.05. The quantitative estimate of drug-likeness (QED) is 0.159. The van der Waals surface area contributed by atoms with Gasteiger partial charge in [-0.2, -0.15) is 0 Å². The molecule has 0 N–H and O–H groups in total. The van der Waals surface area contributed by atoms with Gasteiger partial charge in [-0.3, -0.25) is 0 Å². The molecule has 252 valence electrons. The Morgan fingerprint density at radius 3 is 0.981 bits per heavy atom. The Hall–Kier alpha value is -7.09. The van der Waals surface area contributed by atoms with E-state index in [1.807, 2.05) is 12.1 Å². The maximum atomic E-state index is 5.10. The fraction of sp³-hybridized carbons (Fsp3) is 0. The van der Waals surface area contributed by atoms with Crippen molar-refractivity contribution in [2.75, 3.05) is 0 Å². The second kappa shape index (κ2) is 13.5. The van der Waals surface area contributed by atoms with E-state index in [1.165, 1.54) is 65.7 Å². The summed E-state index contributed by atoms with van der Waals surface area (Å²) in [5, 5.41) is 7.67. The van der Waals surface area contributed by atoms with Crippen LogP contribution < -0.4 is 0 Å². The van der Waals surface area contributed by atoms with E-state index in [9.17, 15) is 0 Å². The molecule has 0 amide bonds. The van der Waals surface area contributed by atoms with Gasteiger partial charge in [0.2, 0.25) is 0 Å². The summed E-state index contributed by atoms with van der Waals surface area (Å²) >= 11 is 0. The highest BCUT2D eigenvalue weighted by Crippen LogP contribution is 2.40. The Morgan fingerprint density at radius 2 is 0.519 bits per heavy atom. The van der Waals surface area contributed by atoms with Crippen molar-refractivity contribution in [3.05, 3.63) is 212 Å². The van der Waals surface area contributed by atoms with Crippen molar-refractivity contribution in [3.63, 3.8) is 0 Å². The lowest BCUT2D eigenvalue weighted by Gasteiger charge is -2.14. The minimum atomic E-state index is 0.965. The normalized spacial score (nSPS) is 11.3. The fourth-order valence-corrected chi connectivity index (χ4v) is 7.91. The molecule has 54 heavy (non-hydrogen) atoms. The maximum absolute atomic E-state index is 5.10. The van der Waals surface area contributed by atoms with Gasteiger partial charge in [-0.15, -0.1) is 0 Å². The van der Waals surface area contributed by atoms with E-state index in [1.54, 1.807) is 0 Å². The lowest BCUT2D eigenvalue weighted by atomic mass is 9.90. The smallest absolute Gasteiger partial charge is 0.0715 e. The first-order valence-electron chi connectivity index (χ1n) is 18.5. The number of aromatic nitrogens is 1. The lowest BCUT2D eigenvalue weighted by Crippen LogP contribution is -1.91. The average Bonchev–Trinajstić information content (AvgIpc) is 3.27. The molecule has 0 saturated carbocycles. The highest BCUT2D eigenvalue weighted by Gasteiger charge is 2.13. The van der Waals surface area contributed by atoms with Gasteiger partial charge in [-0.1, -0.05) is 176 Å². The van der Waals surface area contributed by atoms with E-state index in [0.29, 0.717) is 0 Å². The summed E-state index contributed by atoms with van der Waals surface area (Å²) in [5.41, 5.74) is 13.7. The van der Waals surface area contributed by atoms with Gasteiger partial charge in [0.15, 0.2) is 0 Å². The molecule has 0 atom stereocenters. The summed E-state index contributed by atoms with van der Waals surface area (Å²) in [6.45, 7) is 0. The zero-order valence-electron chi connectivity index (χ0n) is 29.7. The predicted octanol–water partition coefficient (Wildman–Crippen LogP) is 14.5. The Morgan fingerprint density at radius 1 is 0.185 bits per heavy atom. The van der Waals surface area contributed by atoms with Crippen LogP contribution in [-0.4, -0.2) is 4.98 Å². The van der Waals surface area contributed by atoms with Crippen molar-refractivity contribution in [2.45, 2.75) is 0 Å². The van der Waals surface area contributed by atoms with E-state index in [4.69, 9.17) is 4.98 Å². The fourth-order valence-electron chi connectivity index (χ4n) is 7.91. The molecular formula is C53H35N. The summed E-state index contributed by atoms with van der Waals surface area (Å²) < 4.78 is 0. The van der Waals surface area contributed by atoms with Gasteiger partial charge < -0.3 is 0 Å². The van der Waals surface area contributed by atoms with Crippen molar-refractivity contribution in [2.24, 2.45) is 0 Å². The zero-order chi connectivity index (χ0) is 35.8. The molecular weight excluding hydrogens is 651 g/mol. The topological polar surface area (TPSA) is 12.9 Å². The van der Waals surface area contributed by atoms with E-state index in [-0.39, 0.29) is 0 Å². The van der Waals surface area contributed by atoms with Gasteiger partial charge in [0.25, 0.3) is 0 Å². The SMILES string of the molecule is c1ccc(-c2ccc3c4ccc(-c5cccc(-c6cccc(-c7cc(-c8ccccc8)nc(-c8ccccc8)c7)c6)c5)cc4c4ccccc4c3c2)cc1. The van der Waals surface area contributed by atoms with Crippen LogP contribution in [0.3, 0.4) is 0 Å². The molecule has 0 unspecified atom stereocenters. The number of hydrogen-bond donors (Lipinski definition) is 0. The highest BCUT2D eigenvalue weighted by molar-refractivity contribution is 6.26. The highest BCUT2D eigenvalue weighted by atomic mass is 14.7. The monoisotopic (exact) mass is 685 g/mol. The van der Waals surface area contributed by atoms with E-state index in [0.717, 1.165) is 33.6 Å². The molecule has 0 aliphatic heterocycles. The Bertz CT molecular complexity index is 2890. The van der Waals surface area contributed by atoms with Gasteiger partial charge in [0.1, 0.15) is 0 Å². The van der Waals surface area contributed by atoms with Crippen LogP contribution >= 0.6 is 0 Å². The van der Waals surface area contributed by atoms with Gasteiger partial charge in [0.05, 0.1) is 11.4 Å². The van der Waals surface area contributed by atoms with Crippen molar-refractivity contribution in [1.29, 1.82) is 0 Å². The molecule has 0 bridgehead atoms. The maximum Gasteiger partial charge on any atom is 0.0715 e. The van der Waals surface area contributed by atoms with Crippen LogP contribution in [-0.2, 0) is 0 Å². The molecule has 1 aromatic heterocycles. The van der Waals surface area contributed by atoms with Gasteiger partial charge in [0, 0.05) is 11.1 Å². The molecule has 0 saturated heterocycles. The van der Waals surface area contributed by atoms with Gasteiger partial charge in [-0.25, -0.2) is 4.98 Å². The third-order valence-corrected chi connectivity index (χ3v) is 10.6. The van der Waals surface area contributed by atoms with Gasteiger partial charge in [-0.05, 0) is 113 Å².